The van der Waals surface area contributed by atoms with Crippen molar-refractivity contribution in [3.05, 3.63) is 0 Å². The molecule has 6 heteroatoms. The van der Waals surface area contributed by atoms with Gasteiger partial charge in [0.05, 0.1) is 0 Å². The Labute approximate surface area is 83.6 Å². The van der Waals surface area contributed by atoms with Crippen molar-refractivity contribution in [2.45, 2.75) is 0 Å². The summed E-state index contributed by atoms with van der Waals surface area (Å²) in [5, 5.41) is 0. The Morgan fingerprint density at radius 3 is 1.00 bits per heavy atom. The van der Waals surface area contributed by atoms with Gasteiger partial charge in [-0.1, -0.05) is 0 Å². The van der Waals surface area contributed by atoms with Crippen LogP contribution in [0.4, 0.5) is 0 Å². The smallest absolute Gasteiger partial charge is 1.00 e. The van der Waals surface area contributed by atoms with E-state index in [-0.39, 0.29) is 74.9 Å². The molecule has 0 aromatic heterocycles. The molecule has 7 heavy (non-hydrogen) atoms. The van der Waals surface area contributed by atoms with E-state index in [0.29, 0.717) is 0 Å². The molecule has 3 N–H and O–H groups in total. The number of carbonyl (C=O) groups excluding carboxylic acids is 2. The first-order valence-corrected chi connectivity index (χ1v) is 0.408. The summed E-state index contributed by atoms with van der Waals surface area (Å²) < 4.78 is 0. The Morgan fingerprint density at radius 1 is 1.00 bits per heavy atom. The molecule has 0 aliphatic rings. The van der Waals surface area contributed by atoms with Crippen LogP contribution >= 0.6 is 0 Å². The van der Waals surface area contributed by atoms with Crippen LogP contribution in [0.3, 0.4) is 0 Å². The van der Waals surface area contributed by atoms with Gasteiger partial charge < -0.3 is 31.0 Å². The topological polar surface area (TPSA) is 69.1 Å². The Hall–Kier alpha value is 1.18. The van der Waals surface area contributed by atoms with E-state index in [4.69, 9.17) is 9.59 Å². The summed E-state index contributed by atoms with van der Waals surface area (Å²) >= 11 is 0. The van der Waals surface area contributed by atoms with Crippen LogP contribution in [0.15, 0.2) is 0 Å². The van der Waals surface area contributed by atoms with Crippen molar-refractivity contribution < 1.29 is 34.4 Å². The van der Waals surface area contributed by atoms with Crippen molar-refractivity contribution in [1.29, 1.82) is 0 Å². The predicted octanol–water partition coefficient (Wildman–Crippen LogP) is -6.79. The Bertz CT molecular complexity index is 36.7. The molecule has 40 valence electrons. The maximum Gasteiger partial charge on any atom is 2.00 e. The maximum absolute atomic E-state index is 8.12. The van der Waals surface area contributed by atoms with Gasteiger partial charge in [0, 0.05) is 0 Å². The van der Waals surface area contributed by atoms with Crippen molar-refractivity contribution in [3.8, 4) is 0 Å². The van der Waals surface area contributed by atoms with Crippen molar-refractivity contribution >= 4 is 43.9 Å². The molecule has 0 atom stereocenters. The minimum Gasteiger partial charge on any atom is -1.00 e. The summed E-state index contributed by atoms with van der Waals surface area (Å²) in [6.07, 6.45) is 0.250. The Kier molecular flexibility index (Phi) is 344. The van der Waals surface area contributed by atoms with Crippen molar-refractivity contribution in [2.24, 2.45) is 0 Å². The number of rotatable bonds is 0. The minimum absolute atomic E-state index is 0. The zero-order valence-corrected chi connectivity index (χ0v) is 7.21. The molecule has 0 bridgehead atoms. The average Bonchev–Trinajstić information content (AvgIpc) is 0.918. The molecule has 0 heterocycles. The second-order valence-corrected chi connectivity index (χ2v) is 0.0833. The van der Waals surface area contributed by atoms with Gasteiger partial charge in [0.1, 0.15) is 0 Å². The molecule has 0 radical (unpaired) electrons. The van der Waals surface area contributed by atoms with Gasteiger partial charge in [-0.2, -0.15) is 9.59 Å². The van der Waals surface area contributed by atoms with Crippen molar-refractivity contribution in [2.75, 3.05) is 0 Å². The summed E-state index contributed by atoms with van der Waals surface area (Å²) in [4.78, 5) is 16.2. The molecule has 3 nitrogen and oxygen atoms in total. The van der Waals surface area contributed by atoms with Gasteiger partial charge in [0.2, 0.25) is 0 Å². The van der Waals surface area contributed by atoms with Gasteiger partial charge in [-0.3, -0.25) is 0 Å². The van der Waals surface area contributed by atoms with Crippen LogP contribution < -0.4 is 31.0 Å². The molecular weight excluding hydrogens is 169 g/mol. The quantitative estimate of drug-likeness (QED) is 0.369. The van der Waals surface area contributed by atoms with Crippen LogP contribution in [0.2, 0.25) is 0 Å². The third-order valence-corrected chi connectivity index (χ3v) is 0. The van der Waals surface area contributed by atoms with Crippen LogP contribution in [0, 0.1) is 0 Å². The molecule has 0 spiro atoms. The number of hydrogen-bond acceptors (Lipinski definition) is 3. The number of halogens is 2. The first-order chi connectivity index (χ1) is 1.41. The molecule has 0 saturated heterocycles. The molecule has 0 aliphatic heterocycles. The standard InChI is InChI=1S/CO2.Ca.2ClH.H3N/c2-1-3;;;;/h;;2*1H;1H3/q;+2;;;/p-2. The van der Waals surface area contributed by atoms with Gasteiger partial charge >= 0.3 is 43.9 Å². The first-order valence-electron chi connectivity index (χ1n) is 0.408. The van der Waals surface area contributed by atoms with Crippen molar-refractivity contribution in [1.82, 2.24) is 6.15 Å². The molecule has 0 unspecified atom stereocenters. The number of hydrogen-bond donors (Lipinski definition) is 1. The zero-order valence-electron chi connectivity index (χ0n) is 3.49. The predicted molar refractivity (Wildman–Crippen MR) is 15.8 cm³/mol. The average molecular weight is 172 g/mol. The van der Waals surface area contributed by atoms with Crippen LogP contribution in [0.25, 0.3) is 0 Å². The molecule has 0 aliphatic carbocycles. The zero-order chi connectivity index (χ0) is 2.71. The van der Waals surface area contributed by atoms with E-state index in [9.17, 15) is 0 Å². The third-order valence-electron chi connectivity index (χ3n) is 0. The van der Waals surface area contributed by atoms with Crippen LogP contribution in [0.1, 0.15) is 0 Å². The van der Waals surface area contributed by atoms with Gasteiger partial charge in [-0.15, -0.1) is 0 Å². The monoisotopic (exact) mass is 171 g/mol. The van der Waals surface area contributed by atoms with Crippen LogP contribution in [-0.2, 0) is 9.59 Å². The summed E-state index contributed by atoms with van der Waals surface area (Å²) in [5.74, 6) is 0. The van der Waals surface area contributed by atoms with Crippen LogP contribution in [-0.4, -0.2) is 43.9 Å². The molecule has 0 aromatic carbocycles. The summed E-state index contributed by atoms with van der Waals surface area (Å²) in [5.41, 5.74) is 0. The van der Waals surface area contributed by atoms with Crippen LogP contribution in [0.5, 0.6) is 0 Å². The van der Waals surface area contributed by atoms with Gasteiger partial charge in [-0.25, -0.2) is 0 Å². The minimum atomic E-state index is 0. The fourth-order valence-electron chi connectivity index (χ4n) is 0. The Balaban J connectivity index is -0.00000000333. The first kappa shape index (κ1) is 41.7. The fraction of sp³-hybridized carbons (Fsp3) is 0. The second-order valence-electron chi connectivity index (χ2n) is 0.0833. The summed E-state index contributed by atoms with van der Waals surface area (Å²) in [6.45, 7) is 0. The normalized spacial score (nSPS) is 1.14. The molecular formula is CH3CaCl2NO2. The molecule has 0 rings (SSSR count). The fourth-order valence-corrected chi connectivity index (χ4v) is 0. The third kappa shape index (κ3) is 138. The summed E-state index contributed by atoms with van der Waals surface area (Å²) in [7, 11) is 0. The largest absolute Gasteiger partial charge is 2.00 e. The van der Waals surface area contributed by atoms with Gasteiger partial charge in [0.15, 0.2) is 0 Å². The van der Waals surface area contributed by atoms with E-state index < -0.39 is 0 Å². The van der Waals surface area contributed by atoms with E-state index in [2.05, 4.69) is 0 Å². The van der Waals surface area contributed by atoms with E-state index in [1.54, 1.807) is 0 Å². The molecule has 0 fully saturated rings. The molecule has 0 amide bonds. The summed E-state index contributed by atoms with van der Waals surface area (Å²) in [6, 6.07) is 0. The maximum atomic E-state index is 8.12. The Morgan fingerprint density at radius 2 is 1.00 bits per heavy atom. The van der Waals surface area contributed by atoms with Gasteiger partial charge in [0.25, 0.3) is 0 Å². The van der Waals surface area contributed by atoms with E-state index >= 15 is 0 Å². The van der Waals surface area contributed by atoms with Crippen molar-refractivity contribution in [3.63, 3.8) is 0 Å². The second kappa shape index (κ2) is 57.7. The molecule has 0 saturated carbocycles. The SMILES string of the molecule is N.O=C=O.[Ca+2].[Cl-].[Cl-]. The van der Waals surface area contributed by atoms with Gasteiger partial charge in [-0.05, 0) is 0 Å². The van der Waals surface area contributed by atoms with E-state index in [1.807, 2.05) is 0 Å². The van der Waals surface area contributed by atoms with E-state index in [1.165, 1.54) is 0 Å². The van der Waals surface area contributed by atoms with E-state index in [0.717, 1.165) is 0 Å². The molecule has 0 aromatic rings.